The summed E-state index contributed by atoms with van der Waals surface area (Å²) in [6, 6.07) is 10.9. The summed E-state index contributed by atoms with van der Waals surface area (Å²) < 4.78 is 18.5. The lowest BCUT2D eigenvalue weighted by atomic mass is 10.1. The van der Waals surface area contributed by atoms with Crippen LogP contribution in [0.4, 0.5) is 10.1 Å². The number of carbonyl (C=O) groups excluding carboxylic acids is 2. The standard InChI is InChI=1S/C18H19FN2O3/c1-12(22)21-16-5-3-4-14(11-16)18(23)20-9-8-13-10-15(19)6-7-17(13)24-2/h3-7,10-11H,8-9H2,1-2H3,(H,20,23)(H,21,22). The summed E-state index contributed by atoms with van der Waals surface area (Å²) in [5.41, 5.74) is 1.68. The van der Waals surface area contributed by atoms with Gasteiger partial charge in [0.1, 0.15) is 11.6 Å². The quantitative estimate of drug-likeness (QED) is 0.856. The first-order chi connectivity index (χ1) is 11.5. The molecule has 0 fully saturated rings. The van der Waals surface area contributed by atoms with Gasteiger partial charge in [0.25, 0.3) is 5.91 Å². The number of methoxy groups -OCH3 is 1. The third-order valence-corrected chi connectivity index (χ3v) is 3.37. The summed E-state index contributed by atoms with van der Waals surface area (Å²) in [6.45, 7) is 1.74. The Morgan fingerprint density at radius 2 is 1.96 bits per heavy atom. The van der Waals surface area contributed by atoms with Crippen LogP contribution < -0.4 is 15.4 Å². The maximum Gasteiger partial charge on any atom is 0.251 e. The number of nitrogens with one attached hydrogen (secondary N) is 2. The zero-order valence-electron chi connectivity index (χ0n) is 13.6. The summed E-state index contributed by atoms with van der Waals surface area (Å²) >= 11 is 0. The Bertz CT molecular complexity index is 747. The van der Waals surface area contributed by atoms with Gasteiger partial charge in [0, 0.05) is 24.7 Å². The van der Waals surface area contributed by atoms with Crippen LogP contribution in [0.3, 0.4) is 0 Å². The topological polar surface area (TPSA) is 67.4 Å². The van der Waals surface area contributed by atoms with E-state index in [4.69, 9.17) is 4.74 Å². The van der Waals surface area contributed by atoms with Gasteiger partial charge in [-0.3, -0.25) is 9.59 Å². The van der Waals surface area contributed by atoms with Crippen LogP contribution in [0.1, 0.15) is 22.8 Å². The van der Waals surface area contributed by atoms with Gasteiger partial charge in [0.05, 0.1) is 7.11 Å². The van der Waals surface area contributed by atoms with Gasteiger partial charge in [-0.25, -0.2) is 4.39 Å². The van der Waals surface area contributed by atoms with Crippen molar-refractivity contribution in [2.24, 2.45) is 0 Å². The molecule has 2 rings (SSSR count). The van der Waals surface area contributed by atoms with Gasteiger partial charge in [0.15, 0.2) is 0 Å². The molecule has 0 radical (unpaired) electrons. The van der Waals surface area contributed by atoms with Gasteiger partial charge in [-0.2, -0.15) is 0 Å². The highest BCUT2D eigenvalue weighted by Crippen LogP contribution is 2.19. The number of hydrogen-bond acceptors (Lipinski definition) is 3. The minimum Gasteiger partial charge on any atom is -0.496 e. The number of amides is 2. The molecule has 24 heavy (non-hydrogen) atoms. The fourth-order valence-corrected chi connectivity index (χ4v) is 2.30. The van der Waals surface area contributed by atoms with Gasteiger partial charge in [-0.05, 0) is 48.4 Å². The van der Waals surface area contributed by atoms with Gasteiger partial charge >= 0.3 is 0 Å². The first-order valence-corrected chi connectivity index (χ1v) is 7.48. The molecule has 6 heteroatoms. The molecule has 5 nitrogen and oxygen atoms in total. The van der Waals surface area contributed by atoms with Crippen molar-refractivity contribution >= 4 is 17.5 Å². The largest absolute Gasteiger partial charge is 0.496 e. The van der Waals surface area contributed by atoms with Crippen LogP contribution in [0.2, 0.25) is 0 Å². The monoisotopic (exact) mass is 330 g/mol. The SMILES string of the molecule is COc1ccc(F)cc1CCNC(=O)c1cccc(NC(C)=O)c1. The molecular weight excluding hydrogens is 311 g/mol. The van der Waals surface area contributed by atoms with Gasteiger partial charge < -0.3 is 15.4 Å². The molecule has 0 spiro atoms. The maximum atomic E-state index is 13.3. The number of carbonyl (C=O) groups is 2. The molecule has 0 aromatic heterocycles. The van der Waals surface area contributed by atoms with Crippen LogP contribution >= 0.6 is 0 Å². The highest BCUT2D eigenvalue weighted by Gasteiger charge is 2.08. The second-order valence-electron chi connectivity index (χ2n) is 5.22. The van der Waals surface area contributed by atoms with Crippen LogP contribution in [-0.2, 0) is 11.2 Å². The Kier molecular flexibility index (Phi) is 5.89. The van der Waals surface area contributed by atoms with Crippen LogP contribution in [0.5, 0.6) is 5.75 Å². The molecule has 0 bridgehead atoms. The first kappa shape index (κ1) is 17.5. The van der Waals surface area contributed by atoms with Crippen molar-refractivity contribution in [2.75, 3.05) is 19.0 Å². The van der Waals surface area contributed by atoms with Crippen molar-refractivity contribution in [3.8, 4) is 5.75 Å². The fraction of sp³-hybridized carbons (Fsp3) is 0.222. The van der Waals surface area contributed by atoms with E-state index in [0.717, 1.165) is 0 Å². The van der Waals surface area contributed by atoms with Gasteiger partial charge in [-0.1, -0.05) is 6.07 Å². The number of halogens is 1. The summed E-state index contributed by atoms with van der Waals surface area (Å²) in [6.07, 6.45) is 0.443. The maximum absolute atomic E-state index is 13.3. The summed E-state index contributed by atoms with van der Waals surface area (Å²) in [5.74, 6) is -0.234. The Labute approximate surface area is 139 Å². The Hall–Kier alpha value is -2.89. The number of benzene rings is 2. The van der Waals surface area contributed by atoms with E-state index < -0.39 is 0 Å². The lowest BCUT2D eigenvalue weighted by Crippen LogP contribution is -2.26. The van der Waals surface area contributed by atoms with Crippen molar-refractivity contribution in [3.05, 3.63) is 59.4 Å². The average molecular weight is 330 g/mol. The lowest BCUT2D eigenvalue weighted by Gasteiger charge is -2.10. The summed E-state index contributed by atoms with van der Waals surface area (Å²) in [4.78, 5) is 23.2. The fourth-order valence-electron chi connectivity index (χ4n) is 2.30. The lowest BCUT2D eigenvalue weighted by molar-refractivity contribution is -0.114. The van der Waals surface area contributed by atoms with Crippen molar-refractivity contribution in [1.82, 2.24) is 5.32 Å². The van der Waals surface area contributed by atoms with Crippen molar-refractivity contribution in [2.45, 2.75) is 13.3 Å². The molecule has 0 saturated heterocycles. The summed E-state index contributed by atoms with van der Waals surface area (Å²) in [5, 5.41) is 5.40. The molecule has 0 aliphatic rings. The predicted molar refractivity (Wildman–Crippen MR) is 89.7 cm³/mol. The van der Waals surface area contributed by atoms with E-state index in [1.807, 2.05) is 0 Å². The summed E-state index contributed by atoms with van der Waals surface area (Å²) in [7, 11) is 1.52. The zero-order chi connectivity index (χ0) is 17.5. The molecule has 0 aliphatic carbocycles. The molecule has 0 aliphatic heterocycles. The average Bonchev–Trinajstić information content (AvgIpc) is 2.54. The van der Waals surface area contributed by atoms with E-state index in [-0.39, 0.29) is 17.6 Å². The number of anilines is 1. The van der Waals surface area contributed by atoms with E-state index in [0.29, 0.717) is 35.5 Å². The Morgan fingerprint density at radius 1 is 1.17 bits per heavy atom. The molecule has 2 aromatic rings. The number of ether oxygens (including phenoxy) is 1. The molecule has 2 amide bonds. The first-order valence-electron chi connectivity index (χ1n) is 7.48. The highest BCUT2D eigenvalue weighted by molar-refractivity contribution is 5.96. The van der Waals surface area contributed by atoms with E-state index >= 15 is 0 Å². The molecule has 0 saturated carbocycles. The third kappa shape index (κ3) is 4.81. The van der Waals surface area contributed by atoms with Crippen LogP contribution in [0, 0.1) is 5.82 Å². The second-order valence-corrected chi connectivity index (χ2v) is 5.22. The number of rotatable bonds is 6. The minimum atomic E-state index is -0.347. The number of hydrogen-bond donors (Lipinski definition) is 2. The van der Waals surface area contributed by atoms with Crippen LogP contribution in [-0.4, -0.2) is 25.5 Å². The Balaban J connectivity index is 1.96. The minimum absolute atomic E-state index is 0.203. The van der Waals surface area contributed by atoms with Gasteiger partial charge in [-0.15, -0.1) is 0 Å². The Morgan fingerprint density at radius 3 is 2.67 bits per heavy atom. The van der Waals surface area contributed by atoms with E-state index in [1.165, 1.54) is 26.2 Å². The van der Waals surface area contributed by atoms with Crippen LogP contribution in [0.25, 0.3) is 0 Å². The van der Waals surface area contributed by atoms with Crippen molar-refractivity contribution < 1.29 is 18.7 Å². The van der Waals surface area contributed by atoms with Crippen molar-refractivity contribution in [3.63, 3.8) is 0 Å². The molecule has 126 valence electrons. The van der Waals surface area contributed by atoms with E-state index in [9.17, 15) is 14.0 Å². The zero-order valence-corrected chi connectivity index (χ0v) is 13.6. The molecular formula is C18H19FN2O3. The normalized spacial score (nSPS) is 10.1. The molecule has 0 unspecified atom stereocenters. The van der Waals surface area contributed by atoms with Gasteiger partial charge in [0.2, 0.25) is 5.91 Å². The molecule has 0 heterocycles. The smallest absolute Gasteiger partial charge is 0.251 e. The third-order valence-electron chi connectivity index (χ3n) is 3.37. The van der Waals surface area contributed by atoms with E-state index in [2.05, 4.69) is 10.6 Å². The molecule has 0 atom stereocenters. The van der Waals surface area contributed by atoms with Crippen LogP contribution in [0.15, 0.2) is 42.5 Å². The molecule has 2 N–H and O–H groups in total. The van der Waals surface area contributed by atoms with Crippen molar-refractivity contribution in [1.29, 1.82) is 0 Å². The molecule has 2 aromatic carbocycles. The predicted octanol–water partition coefficient (Wildman–Crippen LogP) is 2.77. The van der Waals surface area contributed by atoms with E-state index in [1.54, 1.807) is 30.3 Å². The second kappa shape index (κ2) is 8.10. The highest BCUT2D eigenvalue weighted by atomic mass is 19.1.